The first-order valence-electron chi connectivity index (χ1n) is 10.4. The van der Waals surface area contributed by atoms with Crippen LogP contribution in [0.1, 0.15) is 45.6 Å². The molecule has 1 aromatic rings. The zero-order chi connectivity index (χ0) is 20.2. The first-order chi connectivity index (χ1) is 13.6. The molecule has 1 unspecified atom stereocenters. The summed E-state index contributed by atoms with van der Waals surface area (Å²) in [6.07, 6.45) is 6.94. The number of likely N-dealkylation sites (tertiary alicyclic amines) is 1. The molecule has 0 aliphatic carbocycles. The van der Waals surface area contributed by atoms with E-state index in [1.165, 1.54) is 0 Å². The monoisotopic (exact) mass is 386 g/mol. The largest absolute Gasteiger partial charge is 0.466 e. The van der Waals surface area contributed by atoms with Gasteiger partial charge in [0, 0.05) is 13.1 Å². The smallest absolute Gasteiger partial charge is 0.310 e. The molecular weight excluding hydrogens is 352 g/mol. The summed E-state index contributed by atoms with van der Waals surface area (Å²) in [5.74, 6) is 0.509. The van der Waals surface area contributed by atoms with E-state index in [1.54, 1.807) is 6.21 Å². The summed E-state index contributed by atoms with van der Waals surface area (Å²) in [5.41, 5.74) is 2.22. The number of oxime groups is 1. The van der Waals surface area contributed by atoms with Crippen LogP contribution in [0.5, 0.6) is 0 Å². The molecule has 1 aliphatic rings. The van der Waals surface area contributed by atoms with Crippen molar-refractivity contribution < 1.29 is 14.4 Å². The number of carbonyl (C=O) groups is 1. The lowest BCUT2D eigenvalue weighted by atomic mass is 9.98. The zero-order valence-corrected chi connectivity index (χ0v) is 17.5. The fraction of sp³-hybridized carbons (Fsp3) is 0.565. The van der Waals surface area contributed by atoms with Gasteiger partial charge in [0.05, 0.1) is 18.7 Å². The highest BCUT2D eigenvalue weighted by atomic mass is 16.6. The van der Waals surface area contributed by atoms with Crippen molar-refractivity contribution in [3.05, 3.63) is 42.0 Å². The van der Waals surface area contributed by atoms with Crippen LogP contribution in [-0.2, 0) is 14.4 Å². The van der Waals surface area contributed by atoms with Crippen LogP contribution < -0.4 is 0 Å². The predicted molar refractivity (Wildman–Crippen MR) is 114 cm³/mol. The minimum Gasteiger partial charge on any atom is -0.466 e. The van der Waals surface area contributed by atoms with Crippen LogP contribution in [0.3, 0.4) is 0 Å². The molecule has 0 bridgehead atoms. The average molecular weight is 387 g/mol. The van der Waals surface area contributed by atoms with E-state index in [9.17, 15) is 4.79 Å². The van der Waals surface area contributed by atoms with Gasteiger partial charge in [-0.1, -0.05) is 55.4 Å². The lowest BCUT2D eigenvalue weighted by molar-refractivity contribution is -0.150. The number of hydrogen-bond acceptors (Lipinski definition) is 5. The molecule has 0 radical (unpaired) electrons. The third-order valence-electron chi connectivity index (χ3n) is 4.81. The van der Waals surface area contributed by atoms with E-state index in [0.29, 0.717) is 19.1 Å². The molecule has 1 saturated heterocycles. The number of carbonyl (C=O) groups excluding carboxylic acids is 1. The van der Waals surface area contributed by atoms with E-state index >= 15 is 0 Å². The first kappa shape index (κ1) is 22.2. The molecule has 1 aromatic carbocycles. The molecule has 154 valence electrons. The Labute approximate surface area is 169 Å². The highest BCUT2D eigenvalue weighted by Crippen LogP contribution is 2.18. The van der Waals surface area contributed by atoms with Crippen molar-refractivity contribution in [2.75, 3.05) is 32.8 Å². The fourth-order valence-corrected chi connectivity index (χ4v) is 3.27. The molecule has 5 nitrogen and oxygen atoms in total. The number of piperidine rings is 1. The van der Waals surface area contributed by atoms with E-state index in [0.717, 1.165) is 50.0 Å². The second-order valence-corrected chi connectivity index (χ2v) is 7.61. The lowest BCUT2D eigenvalue weighted by Gasteiger charge is -2.30. The van der Waals surface area contributed by atoms with Gasteiger partial charge in [-0.15, -0.1) is 0 Å². The van der Waals surface area contributed by atoms with Crippen molar-refractivity contribution in [1.29, 1.82) is 0 Å². The van der Waals surface area contributed by atoms with Crippen molar-refractivity contribution in [3.8, 4) is 0 Å². The van der Waals surface area contributed by atoms with Gasteiger partial charge >= 0.3 is 5.97 Å². The SMILES string of the molecule is CCOC(=O)C1CCCN(CCON=CC(=CCC(C)C)c2ccccc2)C1. The molecular formula is C23H34N2O3. The molecule has 0 spiro atoms. The molecule has 0 saturated carbocycles. The molecule has 1 heterocycles. The van der Waals surface area contributed by atoms with Gasteiger partial charge in [-0.3, -0.25) is 9.69 Å². The van der Waals surface area contributed by atoms with Gasteiger partial charge in [0.15, 0.2) is 0 Å². The van der Waals surface area contributed by atoms with Crippen LogP contribution in [0, 0.1) is 11.8 Å². The maximum Gasteiger partial charge on any atom is 0.310 e. The maximum absolute atomic E-state index is 11.9. The Kier molecular flexibility index (Phi) is 9.77. The number of rotatable bonds is 10. The number of esters is 1. The molecule has 1 atom stereocenters. The van der Waals surface area contributed by atoms with Gasteiger partial charge in [-0.05, 0) is 49.8 Å². The van der Waals surface area contributed by atoms with Crippen LogP contribution >= 0.6 is 0 Å². The maximum atomic E-state index is 11.9. The summed E-state index contributed by atoms with van der Waals surface area (Å²) < 4.78 is 5.15. The number of hydrogen-bond donors (Lipinski definition) is 0. The van der Waals surface area contributed by atoms with Gasteiger partial charge < -0.3 is 9.57 Å². The minimum atomic E-state index is -0.0751. The topological polar surface area (TPSA) is 51.1 Å². The molecule has 2 rings (SSSR count). The van der Waals surface area contributed by atoms with E-state index in [2.05, 4.69) is 42.1 Å². The Morgan fingerprint density at radius 2 is 2.11 bits per heavy atom. The average Bonchev–Trinajstić information content (AvgIpc) is 2.71. The summed E-state index contributed by atoms with van der Waals surface area (Å²) in [7, 11) is 0. The summed E-state index contributed by atoms with van der Waals surface area (Å²) >= 11 is 0. The fourth-order valence-electron chi connectivity index (χ4n) is 3.27. The standard InChI is InChI=1S/C23H34N2O3/c1-4-27-23(26)22-11-8-14-25(18-22)15-16-28-24-17-21(13-12-19(2)3)20-9-6-5-7-10-20/h5-7,9-10,13,17,19,22H,4,8,11-12,14-16,18H2,1-3H3. The van der Waals surface area contributed by atoms with Gasteiger partial charge in [-0.2, -0.15) is 0 Å². The van der Waals surface area contributed by atoms with Crippen molar-refractivity contribution in [2.45, 2.75) is 40.0 Å². The van der Waals surface area contributed by atoms with Crippen LogP contribution in [-0.4, -0.2) is 49.9 Å². The number of ether oxygens (including phenoxy) is 1. The summed E-state index contributed by atoms with van der Waals surface area (Å²) in [6, 6.07) is 10.2. The number of benzene rings is 1. The molecule has 5 heteroatoms. The highest BCUT2D eigenvalue weighted by molar-refractivity contribution is 6.09. The Morgan fingerprint density at radius 3 is 2.82 bits per heavy atom. The molecule has 1 fully saturated rings. The van der Waals surface area contributed by atoms with Crippen LogP contribution in [0.2, 0.25) is 0 Å². The Hall–Kier alpha value is -2.14. The van der Waals surface area contributed by atoms with E-state index < -0.39 is 0 Å². The molecule has 28 heavy (non-hydrogen) atoms. The summed E-state index contributed by atoms with van der Waals surface area (Å²) in [6.45, 7) is 9.72. The second kappa shape index (κ2) is 12.3. The number of allylic oxidation sites excluding steroid dienone is 2. The normalized spacial score (nSPS) is 18.6. The van der Waals surface area contributed by atoms with Crippen LogP contribution in [0.25, 0.3) is 5.57 Å². The quantitative estimate of drug-likeness (QED) is 0.259. The van der Waals surface area contributed by atoms with Gasteiger partial charge in [-0.25, -0.2) is 0 Å². The number of nitrogens with zero attached hydrogens (tertiary/aromatic N) is 2. The minimum absolute atomic E-state index is 0.0131. The van der Waals surface area contributed by atoms with Crippen molar-refractivity contribution >= 4 is 17.8 Å². The summed E-state index contributed by atoms with van der Waals surface area (Å²) in [4.78, 5) is 19.7. The van der Waals surface area contributed by atoms with E-state index in [-0.39, 0.29) is 11.9 Å². The van der Waals surface area contributed by atoms with Crippen molar-refractivity contribution in [3.63, 3.8) is 0 Å². The third kappa shape index (κ3) is 7.85. The van der Waals surface area contributed by atoms with Crippen LogP contribution in [0.4, 0.5) is 0 Å². The molecule has 0 amide bonds. The second-order valence-electron chi connectivity index (χ2n) is 7.61. The predicted octanol–water partition coefficient (Wildman–Crippen LogP) is 4.39. The van der Waals surface area contributed by atoms with E-state index in [1.807, 2.05) is 25.1 Å². The van der Waals surface area contributed by atoms with Gasteiger partial charge in [0.2, 0.25) is 0 Å². The van der Waals surface area contributed by atoms with Gasteiger partial charge in [0.1, 0.15) is 6.61 Å². The van der Waals surface area contributed by atoms with Gasteiger partial charge in [0.25, 0.3) is 0 Å². The van der Waals surface area contributed by atoms with Crippen LogP contribution in [0.15, 0.2) is 41.6 Å². The van der Waals surface area contributed by atoms with E-state index in [4.69, 9.17) is 9.57 Å². The van der Waals surface area contributed by atoms with Crippen molar-refractivity contribution in [2.24, 2.45) is 17.0 Å². The third-order valence-corrected chi connectivity index (χ3v) is 4.81. The molecule has 0 aromatic heterocycles. The Morgan fingerprint density at radius 1 is 1.32 bits per heavy atom. The first-order valence-corrected chi connectivity index (χ1v) is 10.4. The molecule has 1 aliphatic heterocycles. The summed E-state index contributed by atoms with van der Waals surface area (Å²) in [5, 5.41) is 4.18. The molecule has 0 N–H and O–H groups in total. The lowest BCUT2D eigenvalue weighted by Crippen LogP contribution is -2.40. The van der Waals surface area contributed by atoms with Crippen molar-refractivity contribution in [1.82, 2.24) is 4.90 Å². The highest BCUT2D eigenvalue weighted by Gasteiger charge is 2.26. The Bertz CT molecular complexity index is 641. The zero-order valence-electron chi connectivity index (χ0n) is 17.5. The Balaban J connectivity index is 1.81.